The first-order valence-corrected chi connectivity index (χ1v) is 10.1. The van der Waals surface area contributed by atoms with Crippen LogP contribution in [0.25, 0.3) is 0 Å². The van der Waals surface area contributed by atoms with Crippen molar-refractivity contribution in [1.29, 1.82) is 0 Å². The van der Waals surface area contributed by atoms with E-state index in [9.17, 15) is 13.6 Å². The number of benzene rings is 3. The molecule has 5 nitrogen and oxygen atoms in total. The van der Waals surface area contributed by atoms with E-state index in [1.165, 1.54) is 18.2 Å². The van der Waals surface area contributed by atoms with Crippen LogP contribution in [-0.4, -0.2) is 20.6 Å². The van der Waals surface area contributed by atoms with Crippen LogP contribution < -0.4 is 15.0 Å². The molecule has 0 heterocycles. The number of ether oxygens (including phenoxy) is 2. The Morgan fingerprint density at radius 3 is 2.44 bits per heavy atom. The largest absolute Gasteiger partial charge is 0.489 e. The molecule has 0 aromatic heterocycles. The second kappa shape index (κ2) is 10.7. The van der Waals surface area contributed by atoms with Crippen molar-refractivity contribution in [3.05, 3.63) is 88.5 Å². The van der Waals surface area contributed by atoms with Crippen LogP contribution in [0.4, 0.5) is 20.2 Å². The Labute approximate surface area is 186 Å². The predicted molar refractivity (Wildman–Crippen MR) is 121 cm³/mol. The fourth-order valence-corrected chi connectivity index (χ4v) is 3.43. The topological polar surface area (TPSA) is 50.8 Å². The highest BCUT2D eigenvalue weighted by molar-refractivity contribution is 5.78. The lowest BCUT2D eigenvalue weighted by atomic mass is 10.1. The van der Waals surface area contributed by atoms with Crippen LogP contribution in [-0.2, 0) is 29.3 Å². The van der Waals surface area contributed by atoms with Crippen molar-refractivity contribution in [2.75, 3.05) is 24.4 Å². The summed E-state index contributed by atoms with van der Waals surface area (Å²) in [6.07, 6.45) is 0.755. The minimum atomic E-state index is -0.664. The number of aryl methyl sites for hydroxylation is 1. The highest BCUT2D eigenvalue weighted by atomic mass is 19.1. The van der Waals surface area contributed by atoms with Gasteiger partial charge in [-0.1, -0.05) is 24.3 Å². The molecule has 0 fully saturated rings. The molecular formula is C25H26F2N2O3. The van der Waals surface area contributed by atoms with Gasteiger partial charge in [-0.25, -0.2) is 8.78 Å². The third kappa shape index (κ3) is 5.42. The lowest BCUT2D eigenvalue weighted by molar-refractivity contribution is -0.107. The van der Waals surface area contributed by atoms with Crippen LogP contribution in [0.1, 0.15) is 22.3 Å². The van der Waals surface area contributed by atoms with Gasteiger partial charge in [-0.05, 0) is 47.9 Å². The van der Waals surface area contributed by atoms with Gasteiger partial charge in [0.05, 0.1) is 24.4 Å². The van der Waals surface area contributed by atoms with Gasteiger partial charge in [0, 0.05) is 25.9 Å². The van der Waals surface area contributed by atoms with E-state index in [1.54, 1.807) is 30.2 Å². The summed E-state index contributed by atoms with van der Waals surface area (Å²) in [5.41, 5.74) is 4.21. The fraction of sp³-hybridized carbons (Fsp3) is 0.240. The van der Waals surface area contributed by atoms with Crippen molar-refractivity contribution in [1.82, 2.24) is 0 Å². The van der Waals surface area contributed by atoms with Crippen LogP contribution in [0.15, 0.2) is 54.6 Å². The van der Waals surface area contributed by atoms with Gasteiger partial charge in [-0.15, -0.1) is 0 Å². The molecule has 0 radical (unpaired) electrons. The summed E-state index contributed by atoms with van der Waals surface area (Å²) in [6.45, 7) is 2.45. The van der Waals surface area contributed by atoms with Gasteiger partial charge in [0.25, 0.3) is 0 Å². The second-order valence-electron chi connectivity index (χ2n) is 7.35. The SMILES string of the molecule is CNc1cc(COC)ccc1CN(C=O)c1cc(OCc2c(F)cccc2F)ccc1C. The van der Waals surface area contributed by atoms with Crippen molar-refractivity contribution in [2.24, 2.45) is 0 Å². The average Bonchev–Trinajstić information content (AvgIpc) is 2.79. The number of rotatable bonds is 10. The second-order valence-corrected chi connectivity index (χ2v) is 7.35. The van der Waals surface area contributed by atoms with E-state index >= 15 is 0 Å². The number of hydrogen-bond donors (Lipinski definition) is 1. The normalized spacial score (nSPS) is 10.7. The highest BCUT2D eigenvalue weighted by Crippen LogP contribution is 2.29. The van der Waals surface area contributed by atoms with E-state index in [-0.39, 0.29) is 12.2 Å². The van der Waals surface area contributed by atoms with E-state index in [0.717, 1.165) is 28.8 Å². The average molecular weight is 440 g/mol. The van der Waals surface area contributed by atoms with Gasteiger partial charge in [0.15, 0.2) is 0 Å². The fourth-order valence-electron chi connectivity index (χ4n) is 3.43. The third-order valence-corrected chi connectivity index (χ3v) is 5.16. The minimum absolute atomic E-state index is 0.142. The minimum Gasteiger partial charge on any atom is -0.489 e. The summed E-state index contributed by atoms with van der Waals surface area (Å²) < 4.78 is 38.6. The van der Waals surface area contributed by atoms with E-state index < -0.39 is 11.6 Å². The smallest absolute Gasteiger partial charge is 0.214 e. The van der Waals surface area contributed by atoms with Gasteiger partial charge in [-0.2, -0.15) is 0 Å². The number of anilines is 2. The quantitative estimate of drug-likeness (QED) is 0.440. The van der Waals surface area contributed by atoms with Crippen molar-refractivity contribution in [3.63, 3.8) is 0 Å². The lowest BCUT2D eigenvalue weighted by Gasteiger charge is -2.22. The summed E-state index contributed by atoms with van der Waals surface area (Å²) in [7, 11) is 3.46. The number of carbonyl (C=O) groups excluding carboxylic acids is 1. The number of halogens is 2. The van der Waals surface area contributed by atoms with Crippen molar-refractivity contribution < 1.29 is 23.0 Å². The van der Waals surface area contributed by atoms with Gasteiger partial charge in [0.1, 0.15) is 24.0 Å². The van der Waals surface area contributed by atoms with Crippen molar-refractivity contribution in [3.8, 4) is 5.75 Å². The van der Waals surface area contributed by atoms with Crippen LogP contribution >= 0.6 is 0 Å². The molecule has 0 aliphatic rings. The molecule has 0 unspecified atom stereocenters. The zero-order valence-electron chi connectivity index (χ0n) is 18.3. The predicted octanol–water partition coefficient (Wildman–Crippen LogP) is 5.20. The summed E-state index contributed by atoms with van der Waals surface area (Å²) in [6, 6.07) is 14.8. The first-order chi connectivity index (χ1) is 15.5. The summed E-state index contributed by atoms with van der Waals surface area (Å²) >= 11 is 0. The van der Waals surface area contributed by atoms with Crippen molar-refractivity contribution >= 4 is 17.8 Å². The Morgan fingerprint density at radius 1 is 1.03 bits per heavy atom. The van der Waals surface area contributed by atoms with E-state index in [1.807, 2.05) is 32.2 Å². The van der Waals surface area contributed by atoms with Crippen molar-refractivity contribution in [2.45, 2.75) is 26.7 Å². The maximum atomic E-state index is 13.9. The molecule has 3 aromatic carbocycles. The Morgan fingerprint density at radius 2 is 1.78 bits per heavy atom. The number of methoxy groups -OCH3 is 1. The molecule has 32 heavy (non-hydrogen) atoms. The molecule has 1 N–H and O–H groups in total. The number of nitrogens with zero attached hydrogens (tertiary/aromatic N) is 1. The maximum Gasteiger partial charge on any atom is 0.214 e. The molecule has 0 saturated heterocycles. The monoisotopic (exact) mass is 440 g/mol. The molecular weight excluding hydrogens is 414 g/mol. The molecule has 1 amide bonds. The van der Waals surface area contributed by atoms with Crippen LogP contribution in [0.3, 0.4) is 0 Å². The third-order valence-electron chi connectivity index (χ3n) is 5.16. The van der Waals surface area contributed by atoms with Gasteiger partial charge >= 0.3 is 0 Å². The molecule has 0 spiro atoms. The Kier molecular flexibility index (Phi) is 7.78. The van der Waals surface area contributed by atoms with Crippen LogP contribution in [0.2, 0.25) is 0 Å². The van der Waals surface area contributed by atoms with E-state index in [2.05, 4.69) is 5.32 Å². The zero-order chi connectivity index (χ0) is 23.1. The highest BCUT2D eigenvalue weighted by Gasteiger charge is 2.14. The molecule has 168 valence electrons. The number of amides is 1. The number of nitrogens with one attached hydrogen (secondary N) is 1. The molecule has 7 heteroatoms. The van der Waals surface area contributed by atoms with Gasteiger partial charge in [-0.3, -0.25) is 4.79 Å². The molecule has 0 bridgehead atoms. The maximum absolute atomic E-state index is 13.9. The van der Waals surface area contributed by atoms with Gasteiger partial charge < -0.3 is 19.7 Å². The van der Waals surface area contributed by atoms with Crippen LogP contribution in [0, 0.1) is 18.6 Å². The molecule has 0 atom stereocenters. The Hall–Kier alpha value is -3.45. The first kappa shape index (κ1) is 23.2. The Balaban J connectivity index is 1.82. The Bertz CT molecular complexity index is 1070. The molecule has 0 saturated carbocycles. The zero-order valence-corrected chi connectivity index (χ0v) is 18.3. The number of hydrogen-bond acceptors (Lipinski definition) is 4. The summed E-state index contributed by atoms with van der Waals surface area (Å²) in [4.78, 5) is 13.5. The summed E-state index contributed by atoms with van der Waals surface area (Å²) in [5, 5.41) is 3.16. The standard InChI is InChI=1S/C25H26F2N2O3/c1-17-7-10-20(32-15-21-22(26)5-4-6-23(21)27)12-25(17)29(16-30)13-19-9-8-18(14-31-3)11-24(19)28-2/h4-12,16,28H,13-15H2,1-3H3. The lowest BCUT2D eigenvalue weighted by Crippen LogP contribution is -2.22. The molecule has 3 aromatic rings. The number of carbonyl (C=O) groups is 1. The summed E-state index contributed by atoms with van der Waals surface area (Å²) in [5.74, 6) is -0.920. The molecule has 0 aliphatic heterocycles. The molecule has 3 rings (SSSR count). The van der Waals surface area contributed by atoms with Crippen LogP contribution in [0.5, 0.6) is 5.75 Å². The first-order valence-electron chi connectivity index (χ1n) is 10.1. The van der Waals surface area contributed by atoms with Gasteiger partial charge in [0.2, 0.25) is 6.41 Å². The van der Waals surface area contributed by atoms with E-state index in [0.29, 0.717) is 24.6 Å². The van der Waals surface area contributed by atoms with E-state index in [4.69, 9.17) is 9.47 Å². The molecule has 0 aliphatic carbocycles.